The number of carboxylic acids is 4. The Hall–Kier alpha value is 13.0. The molecule has 0 saturated carbocycles. The number of ketones is 2. The Kier molecular flexibility index (Phi) is 240. The van der Waals surface area contributed by atoms with Gasteiger partial charge in [-0.2, -0.15) is 58.9 Å². The van der Waals surface area contributed by atoms with Crippen molar-refractivity contribution >= 4 is 119 Å². The standard InChI is InChI=1S/C16H22N2O8.C16H18N2O8.4C2H6S.2CH3.16Y/c2*1-3-10(2)8-11(20)16(9-19,17-12(21)4-6-14(23)24)18-13(22)5-7-15(25)26;4*1-3-2;;;;;;;;;;;;;;;;;;/h10H,2-8H2,1H3,(H,17,21)(H,18,22)(H,23,24)(H,25,26);4-7,10H,2-3,8H2,1H3,(H,17,21)(H,18,22)(H,23,24)(H,25,26);4*1-2H3;2*1H3;;;;;;;;;;;;;;;;/q2*-2;;;;;2*-1;;;;;;;;;;;;;;;;/b;6-4-,7-5-;;;;;;;;;;;;;;;;;;;;;;/t2*10-;;;;;;;;;;;;;;;;;;;;;;/m11....................../s1. The molecule has 0 aliphatic rings. The van der Waals surface area contributed by atoms with Crippen LogP contribution in [0.2, 0.25) is 0 Å². The quantitative estimate of drug-likeness (QED) is 0.0297. The Balaban J connectivity index is -0.0000000262. The van der Waals surface area contributed by atoms with Crippen molar-refractivity contribution < 1.29 is 601 Å². The van der Waals surface area contributed by atoms with Crippen molar-refractivity contribution in [3.05, 3.63) is 53.0 Å². The molecule has 0 rings (SSSR count). The van der Waals surface area contributed by atoms with Crippen LogP contribution in [0.1, 0.15) is 65.2 Å². The van der Waals surface area contributed by atoms with E-state index in [0.717, 1.165) is 0 Å². The molecule has 2 atom stereocenters. The second kappa shape index (κ2) is 118. The third-order valence-electron chi connectivity index (χ3n) is 6.41. The maximum Gasteiger partial charge on any atom is 0.328 e. The summed E-state index contributed by atoms with van der Waals surface area (Å²) >= 11 is 7.00. The predicted octanol–water partition coefficient (Wildman–Crippen LogP) is 3.48. The van der Waals surface area contributed by atoms with Crippen molar-refractivity contribution in [2.24, 2.45) is 11.8 Å². The molecule has 16 radical (unpaired) electrons. The summed E-state index contributed by atoms with van der Waals surface area (Å²) in [5, 5.41) is 41.9. The zero-order chi connectivity index (χ0) is 51.5. The van der Waals surface area contributed by atoms with Crippen LogP contribution in [-0.2, 0) is 581 Å². The van der Waals surface area contributed by atoms with Gasteiger partial charge in [-0.1, -0.05) is 26.7 Å². The molecule has 0 bridgehead atoms. The van der Waals surface area contributed by atoms with Gasteiger partial charge in [-0.05, 0) is 62.9 Å². The smallest absolute Gasteiger partial charge is 0.328 e. The fourth-order valence-corrected chi connectivity index (χ4v) is 3.41. The molecule has 0 aromatic heterocycles. The third-order valence-corrected chi connectivity index (χ3v) is 6.41. The number of aliphatic carboxylic acids is 4. The van der Waals surface area contributed by atoms with Crippen molar-refractivity contribution in [1.29, 1.82) is 0 Å². The molecule has 0 aromatic rings. The van der Waals surface area contributed by atoms with Crippen LogP contribution in [0.15, 0.2) is 24.3 Å². The number of nitrogens with one attached hydrogen (secondary N) is 4. The van der Waals surface area contributed by atoms with Crippen LogP contribution in [0.4, 0.5) is 0 Å². The van der Waals surface area contributed by atoms with Gasteiger partial charge in [0.1, 0.15) is 11.6 Å². The Bertz CT molecular complexity index is 1510. The second-order valence-corrected chi connectivity index (χ2v) is 15.6. The average Bonchev–Trinajstić information content (AvgIpc) is 3.21. The van der Waals surface area contributed by atoms with E-state index in [1.165, 1.54) is 12.6 Å². The molecule has 0 saturated heterocycles. The summed E-state index contributed by atoms with van der Waals surface area (Å²) < 4.78 is 0. The van der Waals surface area contributed by atoms with Crippen LogP contribution in [0, 0.1) is 40.5 Å². The number of hydrogen-bond acceptors (Lipinski definition) is 16. The first-order chi connectivity index (χ1) is 29.8. The van der Waals surface area contributed by atoms with E-state index in [1.54, 1.807) is 60.9 Å². The van der Waals surface area contributed by atoms with Gasteiger partial charge in [-0.15, -0.1) is 0 Å². The summed E-state index contributed by atoms with van der Waals surface area (Å²) in [4.78, 5) is 137. The van der Waals surface area contributed by atoms with E-state index in [4.69, 9.17) is 20.4 Å². The van der Waals surface area contributed by atoms with Crippen LogP contribution < -0.4 is 21.3 Å². The molecule has 0 aliphatic heterocycles. The van der Waals surface area contributed by atoms with Gasteiger partial charge in [0, 0.05) is 560 Å². The minimum absolute atomic E-state index is 0. The fourth-order valence-electron chi connectivity index (χ4n) is 3.41. The topological polar surface area (TPSA) is 334 Å². The van der Waals surface area contributed by atoms with E-state index in [0.29, 0.717) is 37.1 Å². The second-order valence-electron chi connectivity index (χ2n) is 12.3. The van der Waals surface area contributed by atoms with Gasteiger partial charge in [0.25, 0.3) is 0 Å². The first-order valence-corrected chi connectivity index (χ1v) is 24.9. The zero-order valence-corrected chi connectivity index (χ0v) is 97.8. The predicted molar refractivity (Wildman–Crippen MR) is 265 cm³/mol. The molecule has 0 heterocycles. The molecule has 0 fully saturated rings. The van der Waals surface area contributed by atoms with Gasteiger partial charge in [-0.3, -0.25) is 38.4 Å². The fraction of sp³-hybridized carbons (Fsp3) is 0.524. The molecule has 8 N–H and O–H groups in total. The van der Waals surface area contributed by atoms with Crippen LogP contribution in [-0.4, -0.2) is 153 Å². The molecule has 432 valence electrons. The van der Waals surface area contributed by atoms with E-state index in [1.807, 2.05) is 71.3 Å². The van der Waals surface area contributed by atoms with Gasteiger partial charge in [0.2, 0.25) is 23.6 Å². The summed E-state index contributed by atoms with van der Waals surface area (Å²) in [7, 11) is 0. The van der Waals surface area contributed by atoms with Crippen molar-refractivity contribution in [3.63, 3.8) is 0 Å². The van der Waals surface area contributed by atoms with Gasteiger partial charge < -0.3 is 80.0 Å². The first-order valence-electron chi connectivity index (χ1n) is 18.4. The number of carboxylic acid groups (broad SMARTS) is 4. The first kappa shape index (κ1) is 167. The molecule has 0 unspecified atom stereocenters. The van der Waals surface area contributed by atoms with E-state index in [9.17, 15) is 57.5 Å². The summed E-state index contributed by atoms with van der Waals surface area (Å²) in [6.07, 6.45) is 19.1. The molecule has 0 aliphatic carbocycles. The SMILES string of the molecule is CSC.CSC.CSC.CSC.[CH2-][C@H](CC)CC(=O)C([C-]=O)(NC(=O)/C=C\C(=O)O)NC(=O)/C=C\C(=O)O.[CH2-][C@H](CC)CC(=O)C([C-]=O)(NC(=O)CCC(=O)O)NC(=O)CCC(=O)O.[CH3-].[CH3-].[Y].[Y].[Y].[Y].[Y].[Y].[Y].[Y].[Y].[Y].[Y].[Y].[Y].[Y].[Y].[Y]. The molecule has 40 heteroatoms. The summed E-state index contributed by atoms with van der Waals surface area (Å²) in [5.74, 6) is -12.4. The molecule has 20 nitrogen and oxygen atoms in total. The van der Waals surface area contributed by atoms with Crippen LogP contribution in [0.3, 0.4) is 0 Å². The Morgan fingerprint density at radius 3 is 0.768 bits per heavy atom. The van der Waals surface area contributed by atoms with Crippen molar-refractivity contribution in [1.82, 2.24) is 21.3 Å². The number of rotatable bonds is 24. The van der Waals surface area contributed by atoms with Gasteiger partial charge in [0.15, 0.2) is 0 Å². The molecule has 0 aromatic carbocycles. The third kappa shape index (κ3) is 114. The van der Waals surface area contributed by atoms with Gasteiger partial charge in [-0.25, -0.2) is 22.2 Å². The normalized spacial score (nSPS) is 8.63. The van der Waals surface area contributed by atoms with Crippen LogP contribution in [0.25, 0.3) is 0 Å². The monoisotopic (exact) mass is 2440 g/mol. The summed E-state index contributed by atoms with van der Waals surface area (Å²) in [6.45, 7) is 10.8. The Labute approximate surface area is 909 Å². The Morgan fingerprint density at radius 2 is 0.610 bits per heavy atom. The summed E-state index contributed by atoms with van der Waals surface area (Å²) in [5.41, 5.74) is -5.14. The number of carbonyl (C=O) groups excluding carboxylic acids is 8. The average molecular weight is 2440 g/mol. The number of amides is 4. The van der Waals surface area contributed by atoms with Crippen molar-refractivity contribution in [3.8, 4) is 0 Å². The maximum absolute atomic E-state index is 12.4. The van der Waals surface area contributed by atoms with E-state index < -0.39 is 108 Å². The largest absolute Gasteiger partial charge is 0.537 e. The molecule has 82 heavy (non-hydrogen) atoms. The number of hydrogen-bond donors (Lipinski definition) is 8. The number of thioether (sulfide) groups is 4. The molecule has 0 spiro atoms. The van der Waals surface area contributed by atoms with Crippen LogP contribution >= 0.6 is 47.0 Å². The van der Waals surface area contributed by atoms with Gasteiger partial charge in [0.05, 0.1) is 24.2 Å². The number of Topliss-reactive ketones (excluding diaryl/α,β-unsaturated/α-hetero) is 2. The van der Waals surface area contributed by atoms with E-state index in [-0.39, 0.29) is 551 Å². The minimum Gasteiger partial charge on any atom is -0.537 e. The summed E-state index contributed by atoms with van der Waals surface area (Å²) in [6, 6.07) is 0. The maximum atomic E-state index is 12.4. The number of carbonyl (C=O) groups is 10. The Morgan fingerprint density at radius 1 is 0.415 bits per heavy atom. The molecular weight excluding hydrogens is 2370 g/mol. The van der Waals surface area contributed by atoms with E-state index >= 15 is 0 Å². The van der Waals surface area contributed by atoms with E-state index in [2.05, 4.69) is 13.8 Å². The molecule has 4 amide bonds. The van der Waals surface area contributed by atoms with Crippen molar-refractivity contribution in [2.45, 2.75) is 76.5 Å². The van der Waals surface area contributed by atoms with Gasteiger partial charge >= 0.3 is 23.9 Å². The van der Waals surface area contributed by atoms with Crippen LogP contribution in [0.5, 0.6) is 0 Å². The zero-order valence-electron chi connectivity index (χ0n) is 49.1. The van der Waals surface area contributed by atoms with Crippen molar-refractivity contribution in [2.75, 3.05) is 50.0 Å². The minimum atomic E-state index is -2.62. The molecular formula is C42H70N4O16S4Y16-6.